The van der Waals surface area contributed by atoms with E-state index in [1.54, 1.807) is 12.2 Å². The van der Waals surface area contributed by atoms with Crippen LogP contribution < -0.4 is 0 Å². The van der Waals surface area contributed by atoms with Crippen LogP contribution in [0.5, 0.6) is 0 Å². The number of hydrogen-bond donors (Lipinski definition) is 0. The monoisotopic (exact) mass is 297 g/mol. The molecule has 3 aliphatic carbocycles. The van der Waals surface area contributed by atoms with Gasteiger partial charge in [0.2, 0.25) is 0 Å². The number of carbonyl (C=O) groups excluding carboxylic acids is 2. The van der Waals surface area contributed by atoms with E-state index in [4.69, 9.17) is 0 Å². The maximum absolute atomic E-state index is 12.7. The molecule has 4 atom stereocenters. The number of rotatable bonds is 0. The lowest BCUT2D eigenvalue weighted by atomic mass is 9.43. The molecule has 3 rings (SSSR count). The molecule has 0 saturated heterocycles. The molecule has 1 unspecified atom stereocenters. The van der Waals surface area contributed by atoms with E-state index < -0.39 is 11.3 Å². The molecule has 3 nitrogen and oxygen atoms in total. The Balaban J connectivity index is 2.16. The van der Waals surface area contributed by atoms with E-state index in [0.29, 0.717) is 6.42 Å². The van der Waals surface area contributed by atoms with Gasteiger partial charge in [-0.3, -0.25) is 9.59 Å². The first kappa shape index (κ1) is 15.2. The van der Waals surface area contributed by atoms with Gasteiger partial charge in [-0.15, -0.1) is 0 Å². The zero-order valence-corrected chi connectivity index (χ0v) is 13.8. The minimum Gasteiger partial charge on any atom is -0.298 e. The molecule has 0 heterocycles. The van der Waals surface area contributed by atoms with Crippen molar-refractivity contribution in [3.05, 3.63) is 23.8 Å². The number of nitriles is 1. The molecular formula is C19H23NO2. The number of nitrogens with zero attached hydrogens (tertiary/aromatic N) is 1. The molecular weight excluding hydrogens is 274 g/mol. The molecule has 0 amide bonds. The van der Waals surface area contributed by atoms with Crippen LogP contribution in [-0.2, 0) is 9.59 Å². The molecule has 116 valence electrons. The third-order valence-corrected chi connectivity index (χ3v) is 6.46. The Morgan fingerprint density at radius 2 is 1.91 bits per heavy atom. The summed E-state index contributed by atoms with van der Waals surface area (Å²) in [5, 5.41) is 9.44. The first-order valence-electron chi connectivity index (χ1n) is 8.05. The summed E-state index contributed by atoms with van der Waals surface area (Å²) in [6, 6.07) is 2.21. The number of Topliss-reactive ketones (excluding diaryl/α,β-unsaturated/α-hetero) is 1. The van der Waals surface area contributed by atoms with Crippen molar-refractivity contribution in [3.63, 3.8) is 0 Å². The van der Waals surface area contributed by atoms with E-state index in [-0.39, 0.29) is 28.3 Å². The molecule has 0 N–H and O–H groups in total. The molecule has 2 saturated carbocycles. The Labute approximate surface area is 132 Å². The number of allylic oxidation sites excluding steroid dienone is 4. The van der Waals surface area contributed by atoms with Gasteiger partial charge in [0.05, 0.1) is 6.07 Å². The van der Waals surface area contributed by atoms with Crippen LogP contribution in [0.1, 0.15) is 47.0 Å². The van der Waals surface area contributed by atoms with E-state index in [1.807, 2.05) is 19.9 Å². The fraction of sp³-hybridized carbons (Fsp3) is 0.632. The highest BCUT2D eigenvalue weighted by atomic mass is 16.1. The van der Waals surface area contributed by atoms with E-state index in [1.165, 1.54) is 0 Å². The van der Waals surface area contributed by atoms with Crippen LogP contribution in [0.4, 0.5) is 0 Å². The first-order valence-corrected chi connectivity index (χ1v) is 8.05. The van der Waals surface area contributed by atoms with Gasteiger partial charge in [-0.25, -0.2) is 0 Å². The number of fused-ring (bicyclic) bond motifs is 3. The average molecular weight is 297 g/mol. The van der Waals surface area contributed by atoms with Gasteiger partial charge >= 0.3 is 0 Å². The first-order chi connectivity index (χ1) is 10.1. The normalized spacial score (nSPS) is 43.0. The molecule has 0 aromatic carbocycles. The molecule has 0 aliphatic heterocycles. The highest BCUT2D eigenvalue weighted by molar-refractivity contribution is 6.01. The van der Waals surface area contributed by atoms with Gasteiger partial charge in [0.15, 0.2) is 11.6 Å². The van der Waals surface area contributed by atoms with Crippen LogP contribution in [0.2, 0.25) is 0 Å². The zero-order chi connectivity index (χ0) is 16.3. The Hall–Kier alpha value is -1.69. The van der Waals surface area contributed by atoms with Gasteiger partial charge in [-0.2, -0.15) is 5.26 Å². The van der Waals surface area contributed by atoms with Crippen LogP contribution in [0.3, 0.4) is 0 Å². The van der Waals surface area contributed by atoms with Crippen LogP contribution >= 0.6 is 0 Å². The maximum Gasteiger partial charge on any atom is 0.178 e. The standard InChI is InChI=1S/C19H23NO2/c1-17(2)14-6-8-18(3)7-5-13(21)9-15(18)19(14,4)10-12(11-20)16(17)22/h5,7,9,12,14H,6,8,10H2,1-4H3/t12?,14-,18+,19-/m1/s1. The molecule has 0 aromatic heterocycles. The molecule has 0 spiro atoms. The van der Waals surface area contributed by atoms with Crippen molar-refractivity contribution in [2.75, 3.05) is 0 Å². The van der Waals surface area contributed by atoms with Crippen molar-refractivity contribution in [1.82, 2.24) is 0 Å². The minimum absolute atomic E-state index is 0.0255. The molecule has 0 radical (unpaired) electrons. The smallest absolute Gasteiger partial charge is 0.178 e. The Morgan fingerprint density at radius 1 is 1.23 bits per heavy atom. The summed E-state index contributed by atoms with van der Waals surface area (Å²) in [5.41, 5.74) is 0.241. The van der Waals surface area contributed by atoms with Crippen molar-refractivity contribution in [1.29, 1.82) is 5.26 Å². The van der Waals surface area contributed by atoms with E-state index in [0.717, 1.165) is 18.4 Å². The molecule has 0 bridgehead atoms. The van der Waals surface area contributed by atoms with E-state index in [2.05, 4.69) is 19.9 Å². The largest absolute Gasteiger partial charge is 0.298 e. The third-order valence-electron chi connectivity index (χ3n) is 6.46. The predicted molar refractivity (Wildman–Crippen MR) is 83.7 cm³/mol. The second-order valence-electron chi connectivity index (χ2n) is 8.19. The zero-order valence-electron chi connectivity index (χ0n) is 13.8. The molecule has 2 fully saturated rings. The lowest BCUT2D eigenvalue weighted by Gasteiger charge is -2.59. The number of hydrogen-bond acceptors (Lipinski definition) is 3. The molecule has 22 heavy (non-hydrogen) atoms. The van der Waals surface area contributed by atoms with Gasteiger partial charge in [-0.1, -0.05) is 39.3 Å². The van der Waals surface area contributed by atoms with E-state index in [9.17, 15) is 14.9 Å². The summed E-state index contributed by atoms with van der Waals surface area (Å²) < 4.78 is 0. The summed E-state index contributed by atoms with van der Waals surface area (Å²) >= 11 is 0. The van der Waals surface area contributed by atoms with Crippen molar-refractivity contribution in [3.8, 4) is 6.07 Å². The second kappa shape index (κ2) is 4.41. The molecule has 3 aliphatic rings. The Bertz CT molecular complexity index is 663. The lowest BCUT2D eigenvalue weighted by molar-refractivity contribution is -0.145. The van der Waals surface area contributed by atoms with E-state index >= 15 is 0 Å². The summed E-state index contributed by atoms with van der Waals surface area (Å²) in [6.07, 6.45) is 7.91. The number of carbonyl (C=O) groups is 2. The van der Waals surface area contributed by atoms with Gasteiger partial charge in [0.1, 0.15) is 5.92 Å². The van der Waals surface area contributed by atoms with Crippen molar-refractivity contribution < 1.29 is 9.59 Å². The van der Waals surface area contributed by atoms with Crippen LogP contribution in [-0.4, -0.2) is 11.6 Å². The Kier molecular flexibility index (Phi) is 3.05. The van der Waals surface area contributed by atoms with Crippen LogP contribution in [0.25, 0.3) is 0 Å². The van der Waals surface area contributed by atoms with Crippen molar-refractivity contribution in [2.45, 2.75) is 47.0 Å². The third kappa shape index (κ3) is 1.79. The van der Waals surface area contributed by atoms with Gasteiger partial charge in [0, 0.05) is 10.8 Å². The molecule has 0 aromatic rings. The fourth-order valence-electron chi connectivity index (χ4n) is 5.35. The average Bonchev–Trinajstić information content (AvgIpc) is 2.45. The summed E-state index contributed by atoms with van der Waals surface area (Å²) in [6.45, 7) is 8.29. The van der Waals surface area contributed by atoms with Crippen LogP contribution in [0, 0.1) is 39.4 Å². The molecule has 3 heteroatoms. The fourth-order valence-corrected chi connectivity index (χ4v) is 5.35. The minimum atomic E-state index is -0.569. The predicted octanol–water partition coefficient (Wildman–Crippen LogP) is 3.61. The lowest BCUT2D eigenvalue weighted by Crippen LogP contribution is -2.56. The maximum atomic E-state index is 12.7. The van der Waals surface area contributed by atoms with Crippen molar-refractivity contribution >= 4 is 11.6 Å². The quantitative estimate of drug-likeness (QED) is 0.686. The van der Waals surface area contributed by atoms with Gasteiger partial charge in [0.25, 0.3) is 0 Å². The van der Waals surface area contributed by atoms with Gasteiger partial charge < -0.3 is 0 Å². The topological polar surface area (TPSA) is 57.9 Å². The summed E-state index contributed by atoms with van der Waals surface area (Å²) in [7, 11) is 0. The summed E-state index contributed by atoms with van der Waals surface area (Å²) in [4.78, 5) is 24.6. The van der Waals surface area contributed by atoms with Gasteiger partial charge in [-0.05, 0) is 42.7 Å². The Morgan fingerprint density at radius 3 is 2.55 bits per heavy atom. The SMILES string of the molecule is CC1(C)C(=O)C(C#N)C[C@@]2(C)C3=CC(=O)C=C[C@@]3(C)CC[C@H]12. The summed E-state index contributed by atoms with van der Waals surface area (Å²) in [5.74, 6) is -0.284. The highest BCUT2D eigenvalue weighted by Gasteiger charge is 2.60. The highest BCUT2D eigenvalue weighted by Crippen LogP contribution is 2.64. The van der Waals surface area contributed by atoms with Crippen molar-refractivity contribution in [2.24, 2.45) is 28.1 Å². The second-order valence-corrected chi connectivity index (χ2v) is 8.19. The van der Waals surface area contributed by atoms with Crippen LogP contribution in [0.15, 0.2) is 23.8 Å². The number of ketones is 2.